The monoisotopic (exact) mass is 284 g/mol. The van der Waals surface area contributed by atoms with Gasteiger partial charge in [-0.15, -0.1) is 0 Å². The Bertz CT molecular complexity index is 692. The normalized spacial score (nSPS) is 36.0. The van der Waals surface area contributed by atoms with Crippen molar-refractivity contribution in [2.75, 3.05) is 5.73 Å². The molecule has 1 heterocycles. The van der Waals surface area contributed by atoms with Crippen LogP contribution in [-0.4, -0.2) is 5.16 Å². The maximum Gasteiger partial charge on any atom is 0.175 e. The molecule has 4 atom stereocenters. The third-order valence-corrected chi connectivity index (χ3v) is 5.92. The lowest BCUT2D eigenvalue weighted by Gasteiger charge is -2.08. The van der Waals surface area contributed by atoms with Crippen LogP contribution in [0.25, 0.3) is 11.1 Å². The first-order valence-corrected chi connectivity index (χ1v) is 7.75. The van der Waals surface area contributed by atoms with Crippen molar-refractivity contribution in [3.8, 4) is 11.1 Å². The molecule has 0 radical (unpaired) electrons. The summed E-state index contributed by atoms with van der Waals surface area (Å²) in [6, 6.07) is 6.44. The Labute approximate surface area is 122 Å². The van der Waals surface area contributed by atoms with Gasteiger partial charge in [0.2, 0.25) is 0 Å². The highest BCUT2D eigenvalue weighted by atomic mass is 19.1. The van der Waals surface area contributed by atoms with Crippen molar-refractivity contribution >= 4 is 5.82 Å². The first-order valence-electron chi connectivity index (χ1n) is 7.75. The van der Waals surface area contributed by atoms with E-state index in [0.29, 0.717) is 11.7 Å². The fraction of sp³-hybridized carbons (Fsp3) is 0.471. The number of nitrogen functional groups attached to an aromatic ring is 1. The van der Waals surface area contributed by atoms with E-state index < -0.39 is 0 Å². The highest BCUT2D eigenvalue weighted by molar-refractivity contribution is 5.76. The number of aromatic nitrogens is 1. The molecule has 3 nitrogen and oxygen atoms in total. The topological polar surface area (TPSA) is 52.0 Å². The molecule has 4 heteroatoms. The van der Waals surface area contributed by atoms with Gasteiger partial charge in [0.05, 0.1) is 5.56 Å². The first-order chi connectivity index (χ1) is 10.2. The third-order valence-electron chi connectivity index (χ3n) is 5.92. The van der Waals surface area contributed by atoms with Gasteiger partial charge in [0.25, 0.3) is 0 Å². The minimum absolute atomic E-state index is 0.239. The number of nitrogens with zero attached hydrogens (tertiary/aromatic N) is 1. The molecule has 3 aliphatic carbocycles. The first kappa shape index (κ1) is 11.8. The molecule has 108 valence electrons. The molecule has 0 spiro atoms. The second kappa shape index (κ2) is 3.87. The van der Waals surface area contributed by atoms with E-state index in [2.05, 4.69) is 5.16 Å². The molecule has 3 aliphatic rings. The van der Waals surface area contributed by atoms with Gasteiger partial charge in [-0.25, -0.2) is 4.39 Å². The molecule has 1 aromatic heterocycles. The minimum Gasteiger partial charge on any atom is -0.380 e. The van der Waals surface area contributed by atoms with E-state index in [0.717, 1.165) is 40.6 Å². The largest absolute Gasteiger partial charge is 0.380 e. The Hall–Kier alpha value is -1.84. The lowest BCUT2D eigenvalue weighted by molar-refractivity contribution is 0.365. The van der Waals surface area contributed by atoms with Gasteiger partial charge in [-0.3, -0.25) is 0 Å². The molecular weight excluding hydrogens is 267 g/mol. The number of hydrogen-bond acceptors (Lipinski definition) is 3. The van der Waals surface area contributed by atoms with Gasteiger partial charge in [-0.2, -0.15) is 0 Å². The maximum absolute atomic E-state index is 13.1. The number of nitrogens with two attached hydrogens (primary N) is 1. The van der Waals surface area contributed by atoms with Gasteiger partial charge in [-0.1, -0.05) is 17.3 Å². The molecule has 4 unspecified atom stereocenters. The average molecular weight is 284 g/mol. The molecule has 2 bridgehead atoms. The molecule has 0 aliphatic heterocycles. The summed E-state index contributed by atoms with van der Waals surface area (Å²) in [5, 5.41) is 3.98. The van der Waals surface area contributed by atoms with Crippen LogP contribution in [0.1, 0.15) is 30.9 Å². The second-order valence-electron chi connectivity index (χ2n) is 6.83. The molecular formula is C17H17FN2O. The van der Waals surface area contributed by atoms with Gasteiger partial charge in [0, 0.05) is 5.92 Å². The summed E-state index contributed by atoms with van der Waals surface area (Å²) in [6.07, 6.45) is 4.15. The molecule has 0 amide bonds. The van der Waals surface area contributed by atoms with Crippen molar-refractivity contribution in [2.24, 2.45) is 23.7 Å². The number of benzene rings is 1. The van der Waals surface area contributed by atoms with E-state index >= 15 is 0 Å². The van der Waals surface area contributed by atoms with Gasteiger partial charge < -0.3 is 10.3 Å². The second-order valence-corrected chi connectivity index (χ2v) is 6.83. The zero-order valence-corrected chi connectivity index (χ0v) is 11.6. The molecule has 5 rings (SSSR count). The van der Waals surface area contributed by atoms with E-state index in [9.17, 15) is 4.39 Å². The molecule has 0 saturated heterocycles. The standard InChI is InChI=1S/C17H17FN2O/c18-11-5-3-8(4-6-11)14-16(21-20-17(14)19)15-12-9-1-2-10(7-9)13(12)15/h3-6,9-10,12-13,15H,1-2,7H2,(H2,19,20). The minimum atomic E-state index is -0.239. The quantitative estimate of drug-likeness (QED) is 0.912. The van der Waals surface area contributed by atoms with Crippen molar-refractivity contribution in [2.45, 2.75) is 25.2 Å². The van der Waals surface area contributed by atoms with Crippen LogP contribution in [0.5, 0.6) is 0 Å². The fourth-order valence-corrected chi connectivity index (χ4v) is 5.13. The Morgan fingerprint density at radius 1 is 1.10 bits per heavy atom. The van der Waals surface area contributed by atoms with Crippen LogP contribution < -0.4 is 5.73 Å². The van der Waals surface area contributed by atoms with Gasteiger partial charge >= 0.3 is 0 Å². The van der Waals surface area contributed by atoms with E-state index in [1.54, 1.807) is 12.1 Å². The molecule has 21 heavy (non-hydrogen) atoms. The van der Waals surface area contributed by atoms with Crippen LogP contribution in [0.15, 0.2) is 28.8 Å². The zero-order chi connectivity index (χ0) is 14.1. The van der Waals surface area contributed by atoms with Crippen LogP contribution in [0.2, 0.25) is 0 Å². The Morgan fingerprint density at radius 3 is 2.43 bits per heavy atom. The van der Waals surface area contributed by atoms with Gasteiger partial charge in [-0.05, 0) is 60.6 Å². The van der Waals surface area contributed by atoms with E-state index in [-0.39, 0.29) is 5.82 Å². The van der Waals surface area contributed by atoms with E-state index in [1.165, 1.54) is 31.4 Å². The van der Waals surface area contributed by atoms with Crippen molar-refractivity contribution in [1.82, 2.24) is 5.16 Å². The number of hydrogen-bond donors (Lipinski definition) is 1. The predicted octanol–water partition coefficient (Wildman–Crippen LogP) is 3.82. The van der Waals surface area contributed by atoms with Crippen LogP contribution in [0, 0.1) is 29.5 Å². The highest BCUT2D eigenvalue weighted by Crippen LogP contribution is 2.73. The Morgan fingerprint density at radius 2 is 1.76 bits per heavy atom. The SMILES string of the molecule is Nc1noc(C2C3C4CCC(C4)C23)c1-c1ccc(F)cc1. The molecule has 1 aromatic carbocycles. The summed E-state index contributed by atoms with van der Waals surface area (Å²) in [7, 11) is 0. The van der Waals surface area contributed by atoms with Gasteiger partial charge in [0.1, 0.15) is 11.6 Å². The summed E-state index contributed by atoms with van der Waals surface area (Å²) in [5.74, 6) is 4.90. The van der Waals surface area contributed by atoms with Crippen LogP contribution in [-0.2, 0) is 0 Å². The zero-order valence-electron chi connectivity index (χ0n) is 11.6. The summed E-state index contributed by atoms with van der Waals surface area (Å²) in [5.41, 5.74) is 7.80. The van der Waals surface area contributed by atoms with Crippen molar-refractivity contribution in [3.63, 3.8) is 0 Å². The molecule has 2 aromatic rings. The number of fused-ring (bicyclic) bond motifs is 5. The fourth-order valence-electron chi connectivity index (χ4n) is 5.13. The summed E-state index contributed by atoms with van der Waals surface area (Å²) in [6.45, 7) is 0. The smallest absolute Gasteiger partial charge is 0.175 e. The summed E-state index contributed by atoms with van der Waals surface area (Å²) < 4.78 is 18.7. The van der Waals surface area contributed by atoms with Crippen LogP contribution in [0.4, 0.5) is 10.2 Å². The third kappa shape index (κ3) is 1.50. The van der Waals surface area contributed by atoms with E-state index in [1.807, 2.05) is 0 Å². The lowest BCUT2D eigenvalue weighted by atomic mass is 9.96. The average Bonchev–Trinajstić information content (AvgIpc) is 2.81. The molecule has 3 saturated carbocycles. The van der Waals surface area contributed by atoms with Gasteiger partial charge in [0.15, 0.2) is 5.82 Å². The van der Waals surface area contributed by atoms with Crippen LogP contribution >= 0.6 is 0 Å². The summed E-state index contributed by atoms with van der Waals surface area (Å²) in [4.78, 5) is 0. The maximum atomic E-state index is 13.1. The number of halogens is 1. The number of rotatable bonds is 2. The number of anilines is 1. The Kier molecular flexibility index (Phi) is 2.17. The van der Waals surface area contributed by atoms with Crippen molar-refractivity contribution < 1.29 is 8.91 Å². The lowest BCUT2D eigenvalue weighted by Crippen LogP contribution is -1.98. The van der Waals surface area contributed by atoms with Crippen molar-refractivity contribution in [1.29, 1.82) is 0 Å². The van der Waals surface area contributed by atoms with Crippen molar-refractivity contribution in [3.05, 3.63) is 35.8 Å². The summed E-state index contributed by atoms with van der Waals surface area (Å²) >= 11 is 0. The van der Waals surface area contributed by atoms with Crippen LogP contribution in [0.3, 0.4) is 0 Å². The highest BCUT2D eigenvalue weighted by Gasteiger charge is 2.67. The van der Waals surface area contributed by atoms with E-state index in [4.69, 9.17) is 10.3 Å². The molecule has 2 N–H and O–H groups in total. The molecule has 3 fully saturated rings. The predicted molar refractivity (Wildman–Crippen MR) is 76.9 cm³/mol. The Balaban J connectivity index is 1.56.